The number of carbonyl (C=O) groups excluding carboxylic acids is 1. The molecule has 22 heavy (non-hydrogen) atoms. The second kappa shape index (κ2) is 8.29. The average Bonchev–Trinajstić information content (AvgIpc) is 2.35. The summed E-state index contributed by atoms with van der Waals surface area (Å²) in [5.41, 5.74) is 5.48. The van der Waals surface area contributed by atoms with Crippen molar-refractivity contribution in [3.8, 4) is 5.75 Å². The van der Waals surface area contributed by atoms with E-state index in [1.54, 1.807) is 6.92 Å². The third-order valence-corrected chi connectivity index (χ3v) is 2.99. The number of benzene rings is 1. The van der Waals surface area contributed by atoms with E-state index in [1.807, 2.05) is 20.8 Å². The fourth-order valence-corrected chi connectivity index (χ4v) is 1.57. The minimum absolute atomic E-state index is 0. The number of hydrogen-bond acceptors (Lipinski definition) is 3. The molecule has 1 amide bonds. The Hall–Kier alpha value is -1.40. The molecule has 0 aliphatic heterocycles. The molecule has 4 nitrogen and oxygen atoms in total. The normalized spacial score (nSPS) is 13.8. The van der Waals surface area contributed by atoms with Crippen molar-refractivity contribution in [1.29, 1.82) is 0 Å². The molecule has 126 valence electrons. The van der Waals surface area contributed by atoms with Crippen LogP contribution in [-0.2, 0) is 4.79 Å². The second-order valence-electron chi connectivity index (χ2n) is 6.14. The van der Waals surface area contributed by atoms with Gasteiger partial charge in [0.1, 0.15) is 12.4 Å². The number of nitrogens with two attached hydrogens (primary N) is 1. The molecule has 1 unspecified atom stereocenters. The molecule has 0 radical (unpaired) electrons. The standard InChI is InChI=1S/C15H22F2N2O2.ClH/c1-9(19-14(20)13(18)15(2,3)4)8-21-12-6-5-10(16)7-11(12)17;/h5-7,9,13H,8,18H2,1-4H3,(H,19,20);1H/t9?,13-;/m1./s1. The van der Waals surface area contributed by atoms with Crippen molar-refractivity contribution in [2.75, 3.05) is 6.61 Å². The predicted molar refractivity (Wildman–Crippen MR) is 84.1 cm³/mol. The molecule has 0 heterocycles. The maximum Gasteiger partial charge on any atom is 0.237 e. The number of amides is 1. The van der Waals surface area contributed by atoms with Crippen molar-refractivity contribution >= 4 is 18.3 Å². The predicted octanol–water partition coefficient (Wildman–Crippen LogP) is 2.64. The highest BCUT2D eigenvalue weighted by Crippen LogP contribution is 2.18. The van der Waals surface area contributed by atoms with Crippen LogP contribution in [0.2, 0.25) is 0 Å². The fourth-order valence-electron chi connectivity index (χ4n) is 1.57. The fraction of sp³-hybridized carbons (Fsp3) is 0.533. The van der Waals surface area contributed by atoms with Crippen molar-refractivity contribution in [2.45, 2.75) is 39.8 Å². The molecule has 0 bridgehead atoms. The molecule has 1 aromatic rings. The molecular weight excluding hydrogens is 314 g/mol. The smallest absolute Gasteiger partial charge is 0.237 e. The summed E-state index contributed by atoms with van der Waals surface area (Å²) in [5, 5.41) is 2.70. The Labute approximate surface area is 135 Å². The molecule has 0 saturated heterocycles. The largest absolute Gasteiger partial charge is 0.488 e. The van der Waals surface area contributed by atoms with Crippen LogP contribution >= 0.6 is 12.4 Å². The zero-order valence-corrected chi connectivity index (χ0v) is 14.0. The summed E-state index contributed by atoms with van der Waals surface area (Å²) in [7, 11) is 0. The first-order valence-electron chi connectivity index (χ1n) is 6.75. The molecule has 0 aliphatic carbocycles. The minimum atomic E-state index is -0.778. The third-order valence-electron chi connectivity index (χ3n) is 2.99. The lowest BCUT2D eigenvalue weighted by molar-refractivity contribution is -0.125. The van der Waals surface area contributed by atoms with Gasteiger partial charge in [0.05, 0.1) is 12.1 Å². The summed E-state index contributed by atoms with van der Waals surface area (Å²) < 4.78 is 31.4. The zero-order valence-electron chi connectivity index (χ0n) is 13.2. The number of rotatable bonds is 5. The van der Waals surface area contributed by atoms with E-state index in [-0.39, 0.29) is 42.1 Å². The Morgan fingerprint density at radius 3 is 2.45 bits per heavy atom. The van der Waals surface area contributed by atoms with Crippen molar-refractivity contribution in [1.82, 2.24) is 5.32 Å². The Bertz CT molecular complexity index is 507. The van der Waals surface area contributed by atoms with E-state index in [0.717, 1.165) is 12.1 Å². The van der Waals surface area contributed by atoms with Crippen LogP contribution < -0.4 is 15.8 Å². The summed E-state index contributed by atoms with van der Waals surface area (Å²) in [6, 6.07) is 2.06. The van der Waals surface area contributed by atoms with Crippen LogP contribution in [0.5, 0.6) is 5.75 Å². The van der Waals surface area contributed by atoms with E-state index in [2.05, 4.69) is 5.32 Å². The van der Waals surface area contributed by atoms with Gasteiger partial charge in [0.25, 0.3) is 0 Å². The van der Waals surface area contributed by atoms with E-state index in [1.165, 1.54) is 6.07 Å². The van der Waals surface area contributed by atoms with Gasteiger partial charge in [-0.05, 0) is 24.5 Å². The number of nitrogens with one attached hydrogen (secondary N) is 1. The van der Waals surface area contributed by atoms with Gasteiger partial charge in [0.2, 0.25) is 5.91 Å². The second-order valence-corrected chi connectivity index (χ2v) is 6.14. The van der Waals surface area contributed by atoms with Crippen molar-refractivity contribution in [2.24, 2.45) is 11.1 Å². The number of ether oxygens (including phenoxy) is 1. The first kappa shape index (κ1) is 20.6. The van der Waals surface area contributed by atoms with Crippen LogP contribution in [-0.4, -0.2) is 24.6 Å². The summed E-state index contributed by atoms with van der Waals surface area (Å²) in [5.74, 6) is -1.80. The monoisotopic (exact) mass is 336 g/mol. The highest BCUT2D eigenvalue weighted by Gasteiger charge is 2.28. The molecule has 1 rings (SSSR count). The number of carbonyl (C=O) groups is 1. The lowest BCUT2D eigenvalue weighted by Crippen LogP contribution is -2.51. The Kier molecular flexibility index (Phi) is 7.76. The lowest BCUT2D eigenvalue weighted by atomic mass is 9.87. The van der Waals surface area contributed by atoms with Gasteiger partial charge in [-0.15, -0.1) is 12.4 Å². The Balaban J connectivity index is 0.00000441. The van der Waals surface area contributed by atoms with Gasteiger partial charge >= 0.3 is 0 Å². The summed E-state index contributed by atoms with van der Waals surface area (Å²) in [6.45, 7) is 7.38. The average molecular weight is 337 g/mol. The van der Waals surface area contributed by atoms with E-state index in [0.29, 0.717) is 0 Å². The van der Waals surface area contributed by atoms with E-state index in [4.69, 9.17) is 10.5 Å². The molecule has 3 N–H and O–H groups in total. The van der Waals surface area contributed by atoms with Crippen LogP contribution in [0.4, 0.5) is 8.78 Å². The third kappa shape index (κ3) is 6.15. The molecular formula is C15H23ClF2N2O2. The molecule has 0 spiro atoms. The quantitative estimate of drug-likeness (QED) is 0.868. The van der Waals surface area contributed by atoms with E-state index in [9.17, 15) is 13.6 Å². The summed E-state index contributed by atoms with van der Waals surface area (Å²) in [4.78, 5) is 11.9. The zero-order chi connectivity index (χ0) is 16.2. The lowest BCUT2D eigenvalue weighted by Gasteiger charge is -2.27. The SMILES string of the molecule is CC(COc1ccc(F)cc1F)NC(=O)[C@@H](N)C(C)(C)C.Cl. The van der Waals surface area contributed by atoms with E-state index < -0.39 is 17.7 Å². The molecule has 0 saturated carbocycles. The number of hydrogen-bond donors (Lipinski definition) is 2. The molecule has 0 aliphatic rings. The van der Waals surface area contributed by atoms with Gasteiger partial charge in [-0.25, -0.2) is 8.78 Å². The Morgan fingerprint density at radius 2 is 1.95 bits per heavy atom. The number of halogens is 3. The summed E-state index contributed by atoms with van der Waals surface area (Å²) >= 11 is 0. The van der Waals surface area contributed by atoms with Crippen LogP contribution in [0.1, 0.15) is 27.7 Å². The van der Waals surface area contributed by atoms with Crippen LogP contribution in [0, 0.1) is 17.0 Å². The molecule has 0 aromatic heterocycles. The molecule has 2 atom stereocenters. The van der Waals surface area contributed by atoms with Gasteiger partial charge in [-0.2, -0.15) is 0 Å². The van der Waals surface area contributed by atoms with Crippen LogP contribution in [0.15, 0.2) is 18.2 Å². The van der Waals surface area contributed by atoms with Gasteiger partial charge in [-0.3, -0.25) is 4.79 Å². The van der Waals surface area contributed by atoms with Gasteiger partial charge in [0, 0.05) is 6.07 Å². The van der Waals surface area contributed by atoms with Crippen LogP contribution in [0.3, 0.4) is 0 Å². The first-order chi connectivity index (χ1) is 9.61. The minimum Gasteiger partial charge on any atom is -0.488 e. The highest BCUT2D eigenvalue weighted by molar-refractivity contribution is 5.85. The Morgan fingerprint density at radius 1 is 1.36 bits per heavy atom. The van der Waals surface area contributed by atoms with Gasteiger partial charge in [-0.1, -0.05) is 20.8 Å². The van der Waals surface area contributed by atoms with Crippen LogP contribution in [0.25, 0.3) is 0 Å². The van der Waals surface area contributed by atoms with Crippen molar-refractivity contribution in [3.05, 3.63) is 29.8 Å². The topological polar surface area (TPSA) is 64.3 Å². The van der Waals surface area contributed by atoms with E-state index >= 15 is 0 Å². The van der Waals surface area contributed by atoms with Gasteiger partial charge < -0.3 is 15.8 Å². The molecule has 0 fully saturated rings. The summed E-state index contributed by atoms with van der Waals surface area (Å²) in [6.07, 6.45) is 0. The van der Waals surface area contributed by atoms with Crippen molar-refractivity contribution in [3.63, 3.8) is 0 Å². The van der Waals surface area contributed by atoms with Gasteiger partial charge in [0.15, 0.2) is 11.6 Å². The maximum atomic E-state index is 13.4. The highest BCUT2D eigenvalue weighted by atomic mass is 35.5. The first-order valence-corrected chi connectivity index (χ1v) is 6.75. The van der Waals surface area contributed by atoms with Crippen molar-refractivity contribution < 1.29 is 18.3 Å². The maximum absolute atomic E-state index is 13.4. The molecule has 1 aromatic carbocycles. The molecule has 7 heteroatoms.